The quantitative estimate of drug-likeness (QED) is 0.433. The van der Waals surface area contributed by atoms with E-state index in [1.165, 1.54) is 35.6 Å². The molecule has 1 N–H and O–H groups in total. The van der Waals surface area contributed by atoms with Crippen molar-refractivity contribution in [2.45, 2.75) is 0 Å². The molecule has 7 nitrogen and oxygen atoms in total. The third-order valence-corrected chi connectivity index (χ3v) is 4.69. The minimum absolute atomic E-state index is 0.0250. The molecular weight excluding hydrogens is 352 g/mol. The van der Waals surface area contributed by atoms with Crippen LogP contribution < -0.4 is 5.32 Å². The number of thiazole rings is 1. The number of amides is 1. The van der Waals surface area contributed by atoms with E-state index in [1.54, 1.807) is 9.78 Å². The zero-order valence-corrected chi connectivity index (χ0v) is 14.1. The number of carbonyl (C=O) groups is 1. The maximum absolute atomic E-state index is 12.6. The molecular formula is C18H12N4O3S. The van der Waals surface area contributed by atoms with E-state index >= 15 is 0 Å². The molecule has 0 saturated heterocycles. The van der Waals surface area contributed by atoms with Crippen LogP contribution in [0.25, 0.3) is 16.2 Å². The fourth-order valence-corrected chi connectivity index (χ4v) is 3.41. The van der Waals surface area contributed by atoms with Crippen molar-refractivity contribution in [1.82, 2.24) is 9.38 Å². The number of hydrogen-bond donors (Lipinski definition) is 1. The fraction of sp³-hybridized carbons (Fsp3) is 0. The summed E-state index contributed by atoms with van der Waals surface area (Å²) in [6.45, 7) is 0. The van der Waals surface area contributed by atoms with E-state index in [2.05, 4.69) is 10.3 Å². The van der Waals surface area contributed by atoms with Gasteiger partial charge in [-0.15, -0.1) is 11.3 Å². The van der Waals surface area contributed by atoms with Gasteiger partial charge in [-0.25, -0.2) is 4.98 Å². The monoisotopic (exact) mass is 364 g/mol. The number of nitrogens with one attached hydrogen (secondary N) is 1. The minimum atomic E-state index is -0.482. The molecule has 0 bridgehead atoms. The van der Waals surface area contributed by atoms with Crippen molar-refractivity contribution in [1.29, 1.82) is 0 Å². The SMILES string of the molecule is O=C(Nc1ccc([N+](=O)[O-])cc1)c1csc2nc(-c3ccccc3)cn12. The Bertz CT molecular complexity index is 1100. The highest BCUT2D eigenvalue weighted by Gasteiger charge is 2.16. The second-order valence-electron chi connectivity index (χ2n) is 5.52. The topological polar surface area (TPSA) is 89.5 Å². The number of anilines is 1. The van der Waals surface area contributed by atoms with Crippen LogP contribution in [-0.4, -0.2) is 20.2 Å². The molecule has 0 unspecified atom stereocenters. The maximum Gasteiger partial charge on any atom is 0.273 e. The van der Waals surface area contributed by atoms with E-state index in [1.807, 2.05) is 36.5 Å². The van der Waals surface area contributed by atoms with Crippen LogP contribution in [0.15, 0.2) is 66.2 Å². The van der Waals surface area contributed by atoms with Crippen molar-refractivity contribution < 1.29 is 9.72 Å². The largest absolute Gasteiger partial charge is 0.321 e. The number of fused-ring (bicyclic) bond motifs is 1. The lowest BCUT2D eigenvalue weighted by atomic mass is 10.2. The molecule has 2 heterocycles. The first kappa shape index (κ1) is 16.0. The number of nitrogens with zero attached hydrogens (tertiary/aromatic N) is 3. The first-order valence-electron chi connectivity index (χ1n) is 7.69. The van der Waals surface area contributed by atoms with Crippen LogP contribution in [-0.2, 0) is 0 Å². The van der Waals surface area contributed by atoms with Crippen LogP contribution in [0.5, 0.6) is 0 Å². The molecule has 0 spiro atoms. The van der Waals surface area contributed by atoms with Gasteiger partial charge in [0, 0.05) is 35.0 Å². The van der Waals surface area contributed by atoms with E-state index < -0.39 is 4.92 Å². The third kappa shape index (κ3) is 2.93. The zero-order chi connectivity index (χ0) is 18.1. The lowest BCUT2D eigenvalue weighted by Gasteiger charge is -2.04. The smallest absolute Gasteiger partial charge is 0.273 e. The van der Waals surface area contributed by atoms with Crippen LogP contribution in [0.3, 0.4) is 0 Å². The number of hydrogen-bond acceptors (Lipinski definition) is 5. The van der Waals surface area contributed by atoms with Crippen LogP contribution in [0, 0.1) is 10.1 Å². The Morgan fingerprint density at radius 2 is 1.85 bits per heavy atom. The summed E-state index contributed by atoms with van der Waals surface area (Å²) in [5.74, 6) is -0.304. The highest BCUT2D eigenvalue weighted by molar-refractivity contribution is 7.15. The lowest BCUT2D eigenvalue weighted by Crippen LogP contribution is -2.13. The summed E-state index contributed by atoms with van der Waals surface area (Å²) in [5, 5.41) is 15.2. The number of carbonyl (C=O) groups excluding carboxylic acids is 1. The molecule has 2 aromatic carbocycles. The van der Waals surface area contributed by atoms with Crippen LogP contribution in [0.1, 0.15) is 10.5 Å². The van der Waals surface area contributed by atoms with E-state index in [4.69, 9.17) is 0 Å². The number of nitro groups is 1. The Morgan fingerprint density at radius 3 is 2.54 bits per heavy atom. The highest BCUT2D eigenvalue weighted by Crippen LogP contribution is 2.24. The predicted octanol–water partition coefficient (Wildman–Crippen LogP) is 4.22. The van der Waals surface area contributed by atoms with Gasteiger partial charge in [0.25, 0.3) is 11.6 Å². The molecule has 4 rings (SSSR count). The highest BCUT2D eigenvalue weighted by atomic mass is 32.1. The van der Waals surface area contributed by atoms with Crippen molar-refractivity contribution in [2.24, 2.45) is 0 Å². The molecule has 0 fully saturated rings. The standard InChI is InChI=1S/C18H12N4O3S/c23-17(19-13-6-8-14(9-7-13)22(24)25)16-11-26-18-20-15(10-21(16)18)12-4-2-1-3-5-12/h1-11H,(H,19,23). The van der Waals surface area contributed by atoms with E-state index in [-0.39, 0.29) is 11.6 Å². The number of rotatable bonds is 4. The van der Waals surface area contributed by atoms with Gasteiger partial charge < -0.3 is 5.32 Å². The zero-order valence-electron chi connectivity index (χ0n) is 13.3. The van der Waals surface area contributed by atoms with Crippen molar-refractivity contribution in [3.05, 3.63) is 82.0 Å². The molecule has 26 heavy (non-hydrogen) atoms. The van der Waals surface area contributed by atoms with E-state index in [0.717, 1.165) is 16.2 Å². The summed E-state index contributed by atoms with van der Waals surface area (Å²) >= 11 is 1.38. The average molecular weight is 364 g/mol. The number of non-ortho nitro benzene ring substituents is 1. The van der Waals surface area contributed by atoms with Crippen molar-refractivity contribution in [3.8, 4) is 11.3 Å². The minimum Gasteiger partial charge on any atom is -0.321 e. The Morgan fingerprint density at radius 1 is 1.12 bits per heavy atom. The number of benzene rings is 2. The van der Waals surface area contributed by atoms with Gasteiger partial charge in [-0.2, -0.15) is 0 Å². The molecule has 0 aliphatic carbocycles. The molecule has 0 aliphatic rings. The number of imidazole rings is 1. The Balaban J connectivity index is 1.60. The molecule has 8 heteroatoms. The summed E-state index contributed by atoms with van der Waals surface area (Å²) in [5.41, 5.74) is 2.69. The van der Waals surface area contributed by atoms with E-state index in [9.17, 15) is 14.9 Å². The first-order chi connectivity index (χ1) is 12.6. The van der Waals surface area contributed by atoms with Crippen LogP contribution >= 0.6 is 11.3 Å². The van der Waals surface area contributed by atoms with Gasteiger partial charge in [0.05, 0.1) is 10.6 Å². The summed E-state index contributed by atoms with van der Waals surface area (Å²) < 4.78 is 1.74. The van der Waals surface area contributed by atoms with Crippen LogP contribution in [0.2, 0.25) is 0 Å². The summed E-state index contributed by atoms with van der Waals surface area (Å²) in [6.07, 6.45) is 1.83. The Hall–Kier alpha value is -3.52. The summed E-state index contributed by atoms with van der Waals surface area (Å²) in [7, 11) is 0. The normalized spacial score (nSPS) is 10.8. The number of nitro benzene ring substituents is 1. The Labute approximate surface area is 151 Å². The molecule has 0 saturated carbocycles. The third-order valence-electron chi connectivity index (χ3n) is 3.85. The van der Waals surface area contributed by atoms with E-state index in [0.29, 0.717) is 11.4 Å². The summed E-state index contributed by atoms with van der Waals surface area (Å²) in [4.78, 5) is 28.1. The van der Waals surface area contributed by atoms with Gasteiger partial charge in [-0.1, -0.05) is 30.3 Å². The molecule has 1 amide bonds. The van der Waals surface area contributed by atoms with Gasteiger partial charge in [-0.3, -0.25) is 19.3 Å². The molecule has 0 atom stereocenters. The van der Waals surface area contributed by atoms with Gasteiger partial charge >= 0.3 is 0 Å². The summed E-state index contributed by atoms with van der Waals surface area (Å²) in [6, 6.07) is 15.4. The molecule has 0 aliphatic heterocycles. The molecule has 4 aromatic rings. The van der Waals surface area contributed by atoms with Crippen molar-refractivity contribution in [2.75, 3.05) is 5.32 Å². The second-order valence-corrected chi connectivity index (χ2v) is 6.36. The van der Waals surface area contributed by atoms with Gasteiger partial charge in [0.15, 0.2) is 4.96 Å². The second kappa shape index (κ2) is 6.41. The first-order valence-corrected chi connectivity index (χ1v) is 8.57. The van der Waals surface area contributed by atoms with Crippen molar-refractivity contribution in [3.63, 3.8) is 0 Å². The van der Waals surface area contributed by atoms with Gasteiger partial charge in [-0.05, 0) is 12.1 Å². The van der Waals surface area contributed by atoms with Gasteiger partial charge in [0.2, 0.25) is 0 Å². The fourth-order valence-electron chi connectivity index (χ4n) is 2.56. The Kier molecular flexibility index (Phi) is 3.94. The van der Waals surface area contributed by atoms with Crippen LogP contribution in [0.4, 0.5) is 11.4 Å². The predicted molar refractivity (Wildman–Crippen MR) is 99.6 cm³/mol. The molecule has 2 aromatic heterocycles. The van der Waals surface area contributed by atoms with Gasteiger partial charge in [0.1, 0.15) is 5.69 Å². The lowest BCUT2D eigenvalue weighted by molar-refractivity contribution is -0.384. The molecule has 128 valence electrons. The van der Waals surface area contributed by atoms with Crippen molar-refractivity contribution >= 4 is 33.6 Å². The number of aromatic nitrogens is 2. The average Bonchev–Trinajstić information content (AvgIpc) is 3.23. The maximum atomic E-state index is 12.6. The molecule has 0 radical (unpaired) electrons.